The van der Waals surface area contributed by atoms with E-state index in [-0.39, 0.29) is 11.5 Å². The Labute approximate surface area is 74.2 Å². The highest BCUT2D eigenvalue weighted by molar-refractivity contribution is 5.87. The molecule has 66 valence electrons. The molecule has 0 atom stereocenters. The molecule has 0 spiro atoms. The first kappa shape index (κ1) is 7.86. The molecule has 0 aliphatic heterocycles. The van der Waals surface area contributed by atoms with E-state index >= 15 is 0 Å². The summed E-state index contributed by atoms with van der Waals surface area (Å²) < 4.78 is 4.82. The highest BCUT2D eigenvalue weighted by atomic mass is 16.4. The molecule has 1 aromatic heterocycles. The Morgan fingerprint density at radius 1 is 1.23 bits per heavy atom. The van der Waals surface area contributed by atoms with Gasteiger partial charge in [0.2, 0.25) is 0 Å². The molecule has 1 aromatic carbocycles. The Hall–Kier alpha value is -1.77. The summed E-state index contributed by atoms with van der Waals surface area (Å²) in [5.74, 6) is 0.291. The fourth-order valence-corrected chi connectivity index (χ4v) is 1.30. The van der Waals surface area contributed by atoms with Crippen LogP contribution < -0.4 is 5.63 Å². The van der Waals surface area contributed by atoms with Gasteiger partial charge in [-0.3, -0.25) is 0 Å². The minimum absolute atomic E-state index is 0.0372. The number of rotatable bonds is 0. The molecule has 13 heavy (non-hydrogen) atoms. The van der Waals surface area contributed by atoms with E-state index in [0.29, 0.717) is 10.8 Å². The van der Waals surface area contributed by atoms with Crippen molar-refractivity contribution in [2.75, 3.05) is 0 Å². The van der Waals surface area contributed by atoms with Gasteiger partial charge in [0.05, 0.1) is 5.39 Å². The largest absolute Gasteiger partial charge is 0.504 e. The minimum atomic E-state index is -0.411. The van der Waals surface area contributed by atoms with Crippen LogP contribution in [0.1, 0.15) is 5.76 Å². The van der Waals surface area contributed by atoms with Gasteiger partial charge in [0.1, 0.15) is 5.76 Å². The highest BCUT2D eigenvalue weighted by Crippen LogP contribution is 2.24. The molecule has 0 aliphatic rings. The molecular formula is C10H8O3. The normalized spacial score (nSPS) is 10.5. The van der Waals surface area contributed by atoms with Gasteiger partial charge in [0, 0.05) is 5.39 Å². The molecule has 0 aliphatic carbocycles. The van der Waals surface area contributed by atoms with Crippen LogP contribution in [0.25, 0.3) is 10.8 Å². The third kappa shape index (κ3) is 1.09. The van der Waals surface area contributed by atoms with Crippen molar-refractivity contribution >= 4 is 10.8 Å². The van der Waals surface area contributed by atoms with Crippen molar-refractivity contribution < 1.29 is 9.52 Å². The lowest BCUT2D eigenvalue weighted by molar-refractivity contribution is 0.412. The molecule has 3 heteroatoms. The Balaban J connectivity index is 3.06. The van der Waals surface area contributed by atoms with E-state index in [9.17, 15) is 9.90 Å². The number of benzene rings is 1. The molecule has 0 saturated heterocycles. The number of hydrogen-bond acceptors (Lipinski definition) is 3. The molecule has 0 bridgehead atoms. The fourth-order valence-electron chi connectivity index (χ4n) is 1.30. The molecule has 0 amide bonds. The van der Waals surface area contributed by atoms with Crippen molar-refractivity contribution in [3.8, 4) is 5.75 Å². The summed E-state index contributed by atoms with van der Waals surface area (Å²) >= 11 is 0. The van der Waals surface area contributed by atoms with E-state index in [2.05, 4.69) is 0 Å². The van der Waals surface area contributed by atoms with Crippen LogP contribution in [-0.4, -0.2) is 5.11 Å². The van der Waals surface area contributed by atoms with Crippen LogP contribution >= 0.6 is 0 Å². The Kier molecular flexibility index (Phi) is 1.59. The molecule has 0 radical (unpaired) electrons. The lowest BCUT2D eigenvalue weighted by atomic mass is 10.1. The molecular weight excluding hydrogens is 168 g/mol. The lowest BCUT2D eigenvalue weighted by Crippen LogP contribution is -2.00. The number of hydrogen-bond donors (Lipinski definition) is 1. The molecule has 1 N–H and O–H groups in total. The molecule has 0 fully saturated rings. The van der Waals surface area contributed by atoms with E-state index in [4.69, 9.17) is 4.42 Å². The van der Waals surface area contributed by atoms with Gasteiger partial charge in [-0.05, 0) is 13.0 Å². The molecule has 0 unspecified atom stereocenters. The molecule has 2 aromatic rings. The van der Waals surface area contributed by atoms with Crippen LogP contribution in [0.15, 0.2) is 33.5 Å². The van der Waals surface area contributed by atoms with Gasteiger partial charge in [0.15, 0.2) is 5.75 Å². The molecule has 1 heterocycles. The first-order valence-corrected chi connectivity index (χ1v) is 3.91. The van der Waals surface area contributed by atoms with E-state index in [1.165, 1.54) is 0 Å². The average molecular weight is 176 g/mol. The zero-order valence-corrected chi connectivity index (χ0v) is 7.07. The van der Waals surface area contributed by atoms with Gasteiger partial charge in [-0.1, -0.05) is 18.2 Å². The summed E-state index contributed by atoms with van der Waals surface area (Å²) in [6.45, 7) is 1.56. The van der Waals surface area contributed by atoms with E-state index in [0.717, 1.165) is 0 Å². The second-order valence-electron chi connectivity index (χ2n) is 2.84. The summed E-state index contributed by atoms with van der Waals surface area (Å²) in [5.41, 5.74) is -0.411. The SMILES string of the molecule is Cc1oc(=O)c2ccccc2c1O. The second-order valence-corrected chi connectivity index (χ2v) is 2.84. The van der Waals surface area contributed by atoms with E-state index in [1.54, 1.807) is 31.2 Å². The van der Waals surface area contributed by atoms with Crippen molar-refractivity contribution in [2.24, 2.45) is 0 Å². The van der Waals surface area contributed by atoms with Gasteiger partial charge in [-0.15, -0.1) is 0 Å². The Bertz CT molecular complexity index is 511. The summed E-state index contributed by atoms with van der Waals surface area (Å²) in [5, 5.41) is 10.5. The Morgan fingerprint density at radius 2 is 1.85 bits per heavy atom. The zero-order valence-electron chi connectivity index (χ0n) is 7.07. The van der Waals surface area contributed by atoms with Crippen LogP contribution in [0.4, 0.5) is 0 Å². The summed E-state index contributed by atoms with van der Waals surface area (Å²) in [4.78, 5) is 11.3. The first-order chi connectivity index (χ1) is 6.20. The van der Waals surface area contributed by atoms with Gasteiger partial charge in [-0.25, -0.2) is 4.79 Å². The Morgan fingerprint density at radius 3 is 2.54 bits per heavy atom. The van der Waals surface area contributed by atoms with Crippen molar-refractivity contribution in [1.82, 2.24) is 0 Å². The third-order valence-electron chi connectivity index (χ3n) is 1.98. The first-order valence-electron chi connectivity index (χ1n) is 3.91. The predicted octanol–water partition coefficient (Wildman–Crippen LogP) is 1.81. The number of aromatic hydroxyl groups is 1. The van der Waals surface area contributed by atoms with Crippen molar-refractivity contribution in [1.29, 1.82) is 0 Å². The van der Waals surface area contributed by atoms with Crippen molar-refractivity contribution in [2.45, 2.75) is 6.92 Å². The highest BCUT2D eigenvalue weighted by Gasteiger charge is 2.07. The summed E-state index contributed by atoms with van der Waals surface area (Å²) in [7, 11) is 0. The quantitative estimate of drug-likeness (QED) is 0.665. The predicted molar refractivity (Wildman–Crippen MR) is 48.9 cm³/mol. The number of fused-ring (bicyclic) bond motifs is 1. The molecule has 0 saturated carbocycles. The van der Waals surface area contributed by atoms with Crippen molar-refractivity contribution in [3.05, 3.63) is 40.4 Å². The van der Waals surface area contributed by atoms with Gasteiger partial charge in [-0.2, -0.15) is 0 Å². The molecule has 2 rings (SSSR count). The van der Waals surface area contributed by atoms with E-state index in [1.807, 2.05) is 0 Å². The topological polar surface area (TPSA) is 50.4 Å². The van der Waals surface area contributed by atoms with Gasteiger partial charge in [0.25, 0.3) is 0 Å². The van der Waals surface area contributed by atoms with Crippen LogP contribution in [0, 0.1) is 6.92 Å². The van der Waals surface area contributed by atoms with Gasteiger partial charge < -0.3 is 9.52 Å². The van der Waals surface area contributed by atoms with E-state index < -0.39 is 5.63 Å². The van der Waals surface area contributed by atoms with Crippen LogP contribution in [0.5, 0.6) is 5.75 Å². The maximum atomic E-state index is 11.3. The van der Waals surface area contributed by atoms with Crippen LogP contribution in [-0.2, 0) is 0 Å². The monoisotopic (exact) mass is 176 g/mol. The maximum Gasteiger partial charge on any atom is 0.344 e. The summed E-state index contributed by atoms with van der Waals surface area (Å²) in [6, 6.07) is 6.81. The fraction of sp³-hybridized carbons (Fsp3) is 0.100. The smallest absolute Gasteiger partial charge is 0.344 e. The summed E-state index contributed by atoms with van der Waals surface area (Å²) in [6.07, 6.45) is 0. The zero-order chi connectivity index (χ0) is 9.42. The number of aryl methyl sites for hydroxylation is 1. The second kappa shape index (κ2) is 2.62. The average Bonchev–Trinajstić information content (AvgIpc) is 2.15. The van der Waals surface area contributed by atoms with Crippen LogP contribution in [0.3, 0.4) is 0 Å². The lowest BCUT2D eigenvalue weighted by Gasteiger charge is -2.00. The van der Waals surface area contributed by atoms with Crippen LogP contribution in [0.2, 0.25) is 0 Å². The molecule has 3 nitrogen and oxygen atoms in total. The third-order valence-corrected chi connectivity index (χ3v) is 1.98. The van der Waals surface area contributed by atoms with Gasteiger partial charge >= 0.3 is 5.63 Å². The minimum Gasteiger partial charge on any atom is -0.504 e. The standard InChI is InChI=1S/C10H8O3/c1-6-9(11)7-4-2-3-5-8(7)10(12)13-6/h2-5,11H,1H3. The van der Waals surface area contributed by atoms with Crippen molar-refractivity contribution in [3.63, 3.8) is 0 Å². The maximum absolute atomic E-state index is 11.3.